The first-order valence-corrected chi connectivity index (χ1v) is 11.1. The van der Waals surface area contributed by atoms with Crippen molar-refractivity contribution >= 4 is 29.1 Å². The van der Waals surface area contributed by atoms with E-state index in [1.807, 2.05) is 30.3 Å². The molecule has 1 N–H and O–H groups in total. The van der Waals surface area contributed by atoms with Crippen LogP contribution in [0.3, 0.4) is 0 Å². The molecule has 4 aromatic rings. The lowest BCUT2D eigenvalue weighted by molar-refractivity contribution is 0.0688. The summed E-state index contributed by atoms with van der Waals surface area (Å²) in [6.07, 6.45) is 3.44. The number of thioether (sulfide) groups is 1. The number of aromatic nitrogens is 5. The number of hydrogen-bond donors (Lipinski definition) is 1. The third-order valence-corrected chi connectivity index (χ3v) is 6.66. The van der Waals surface area contributed by atoms with E-state index < -0.39 is 5.97 Å². The lowest BCUT2D eigenvalue weighted by Gasteiger charge is -2.04. The summed E-state index contributed by atoms with van der Waals surface area (Å²) in [6, 6.07) is 9.93. The van der Waals surface area contributed by atoms with Gasteiger partial charge in [-0.1, -0.05) is 55.5 Å². The van der Waals surface area contributed by atoms with Crippen molar-refractivity contribution < 1.29 is 9.90 Å². The zero-order valence-electron chi connectivity index (χ0n) is 17.0. The number of aryl methyl sites for hydroxylation is 2. The van der Waals surface area contributed by atoms with Gasteiger partial charge in [0.2, 0.25) is 5.13 Å². The lowest BCUT2D eigenvalue weighted by Crippen LogP contribution is -2.09. The van der Waals surface area contributed by atoms with Crippen molar-refractivity contribution in [3.8, 4) is 27.5 Å². The van der Waals surface area contributed by atoms with Gasteiger partial charge >= 0.3 is 5.97 Å². The van der Waals surface area contributed by atoms with E-state index in [1.54, 1.807) is 42.8 Å². The Labute approximate surface area is 182 Å². The second-order valence-electron chi connectivity index (χ2n) is 7.09. The molecule has 0 spiro atoms. The van der Waals surface area contributed by atoms with Gasteiger partial charge in [-0.25, -0.2) is 9.78 Å². The van der Waals surface area contributed by atoms with Crippen molar-refractivity contribution in [1.29, 1.82) is 0 Å². The maximum Gasteiger partial charge on any atom is 0.355 e. The number of carboxylic acid groups (broad SMARTS) is 1. The van der Waals surface area contributed by atoms with Gasteiger partial charge in [-0.15, -0.1) is 11.8 Å². The zero-order chi connectivity index (χ0) is 21.4. The Morgan fingerprint density at radius 2 is 1.93 bits per heavy atom. The van der Waals surface area contributed by atoms with E-state index in [-0.39, 0.29) is 5.69 Å². The van der Waals surface area contributed by atoms with Crippen LogP contribution in [0.15, 0.2) is 46.9 Å². The molecule has 0 radical (unpaired) electrons. The van der Waals surface area contributed by atoms with Crippen LogP contribution in [0.5, 0.6) is 0 Å². The Morgan fingerprint density at radius 3 is 2.53 bits per heavy atom. The van der Waals surface area contributed by atoms with Gasteiger partial charge in [0, 0.05) is 35.2 Å². The summed E-state index contributed by atoms with van der Waals surface area (Å²) in [4.78, 5) is 17.0. The first-order chi connectivity index (χ1) is 14.3. The average Bonchev–Trinajstić information content (AvgIpc) is 3.38. The number of carboxylic acids is 1. The van der Waals surface area contributed by atoms with E-state index in [0.29, 0.717) is 21.6 Å². The van der Waals surface area contributed by atoms with Crippen LogP contribution in [-0.4, -0.2) is 40.9 Å². The number of aromatic carboxylic acids is 1. The summed E-state index contributed by atoms with van der Waals surface area (Å²) >= 11 is 3.17. The average molecular weight is 440 g/mol. The number of thiazole rings is 1. The molecular formula is C21H21N5O2S2. The van der Waals surface area contributed by atoms with Crippen LogP contribution < -0.4 is 0 Å². The topological polar surface area (TPSA) is 85.8 Å². The zero-order valence-corrected chi connectivity index (χ0v) is 18.7. The van der Waals surface area contributed by atoms with Gasteiger partial charge < -0.3 is 5.11 Å². The molecule has 154 valence electrons. The Kier molecular flexibility index (Phi) is 5.48. The number of nitrogens with zero attached hydrogens (tertiary/aromatic N) is 5. The quantitative estimate of drug-likeness (QED) is 0.430. The van der Waals surface area contributed by atoms with Gasteiger partial charge in [-0.2, -0.15) is 14.9 Å². The SMILES string of the molecule is Cc1nn(-c2nc(-c3ccccc3)c(SC(C)C)s2)c(C(=O)O)c1-c1cnn(C)c1. The van der Waals surface area contributed by atoms with Crippen LogP contribution in [0, 0.1) is 6.92 Å². The predicted molar refractivity (Wildman–Crippen MR) is 120 cm³/mol. The van der Waals surface area contributed by atoms with Gasteiger partial charge in [0.25, 0.3) is 0 Å². The van der Waals surface area contributed by atoms with Crippen LogP contribution in [0.25, 0.3) is 27.5 Å². The molecule has 30 heavy (non-hydrogen) atoms. The Hall–Kier alpha value is -2.91. The second-order valence-corrected chi connectivity index (χ2v) is 9.92. The third-order valence-electron chi connectivity index (χ3n) is 4.41. The minimum atomic E-state index is -1.05. The highest BCUT2D eigenvalue weighted by Gasteiger charge is 2.27. The summed E-state index contributed by atoms with van der Waals surface area (Å²) in [5.41, 5.74) is 3.84. The van der Waals surface area contributed by atoms with Gasteiger partial charge in [-0.05, 0) is 6.92 Å². The molecule has 3 heterocycles. The molecule has 0 amide bonds. The van der Waals surface area contributed by atoms with Crippen LogP contribution in [0.2, 0.25) is 0 Å². The molecule has 0 bridgehead atoms. The molecule has 9 heteroatoms. The van der Waals surface area contributed by atoms with Gasteiger partial charge in [0.15, 0.2) is 5.69 Å². The molecule has 0 aliphatic heterocycles. The minimum Gasteiger partial charge on any atom is -0.476 e. The van der Waals surface area contributed by atoms with E-state index >= 15 is 0 Å². The molecule has 0 aliphatic carbocycles. The molecule has 0 saturated heterocycles. The molecule has 7 nitrogen and oxygen atoms in total. The maximum absolute atomic E-state index is 12.2. The number of carbonyl (C=O) groups is 1. The molecule has 0 atom stereocenters. The molecule has 0 saturated carbocycles. The fraction of sp³-hybridized carbons (Fsp3) is 0.238. The first-order valence-electron chi connectivity index (χ1n) is 9.40. The minimum absolute atomic E-state index is 0.0926. The smallest absolute Gasteiger partial charge is 0.355 e. The highest BCUT2D eigenvalue weighted by atomic mass is 32.2. The Balaban J connectivity index is 1.91. The normalized spacial score (nSPS) is 11.4. The van der Waals surface area contributed by atoms with E-state index in [1.165, 1.54) is 16.0 Å². The lowest BCUT2D eigenvalue weighted by atomic mass is 10.1. The van der Waals surface area contributed by atoms with Crippen LogP contribution in [-0.2, 0) is 7.05 Å². The number of hydrogen-bond acceptors (Lipinski definition) is 6. The van der Waals surface area contributed by atoms with Gasteiger partial charge in [0.05, 0.1) is 21.8 Å². The third kappa shape index (κ3) is 3.78. The van der Waals surface area contributed by atoms with Crippen molar-refractivity contribution in [3.05, 3.63) is 54.1 Å². The predicted octanol–water partition coefficient (Wildman–Crippen LogP) is 4.90. The number of rotatable bonds is 6. The molecule has 0 unspecified atom stereocenters. The summed E-state index contributed by atoms with van der Waals surface area (Å²) < 4.78 is 4.13. The molecule has 0 aliphatic rings. The van der Waals surface area contributed by atoms with Crippen LogP contribution in [0.4, 0.5) is 0 Å². The number of benzene rings is 1. The van der Waals surface area contributed by atoms with Crippen molar-refractivity contribution in [2.45, 2.75) is 30.2 Å². The molecule has 3 aromatic heterocycles. The molecular weight excluding hydrogens is 418 g/mol. The van der Waals surface area contributed by atoms with Crippen LogP contribution >= 0.6 is 23.1 Å². The standard InChI is InChI=1S/C21H21N5O2S2/c1-12(2)29-20-17(14-8-6-5-7-9-14)23-21(30-20)26-18(19(27)28)16(13(3)24-26)15-10-22-25(4)11-15/h5-12H,1-4H3,(H,27,28). The second kappa shape index (κ2) is 8.08. The van der Waals surface area contributed by atoms with Crippen LogP contribution in [0.1, 0.15) is 30.0 Å². The summed E-state index contributed by atoms with van der Waals surface area (Å²) in [7, 11) is 1.80. The Morgan fingerprint density at radius 1 is 1.20 bits per heavy atom. The van der Waals surface area contributed by atoms with Crippen molar-refractivity contribution in [2.75, 3.05) is 0 Å². The van der Waals surface area contributed by atoms with E-state index in [4.69, 9.17) is 4.98 Å². The summed E-state index contributed by atoms with van der Waals surface area (Å²) in [6.45, 7) is 6.06. The molecule has 1 aromatic carbocycles. The highest BCUT2D eigenvalue weighted by Crippen LogP contribution is 2.40. The largest absolute Gasteiger partial charge is 0.476 e. The molecule has 0 fully saturated rings. The molecule has 4 rings (SSSR count). The van der Waals surface area contributed by atoms with Crippen molar-refractivity contribution in [1.82, 2.24) is 24.5 Å². The Bertz CT molecular complexity index is 1210. The summed E-state index contributed by atoms with van der Waals surface area (Å²) in [5.74, 6) is -1.05. The first kappa shape index (κ1) is 20.4. The fourth-order valence-electron chi connectivity index (χ4n) is 3.22. The van der Waals surface area contributed by atoms with Crippen molar-refractivity contribution in [3.63, 3.8) is 0 Å². The van der Waals surface area contributed by atoms with E-state index in [0.717, 1.165) is 21.0 Å². The highest BCUT2D eigenvalue weighted by molar-refractivity contribution is 8.01. The summed E-state index contributed by atoms with van der Waals surface area (Å²) in [5, 5.41) is 19.6. The fourth-order valence-corrected chi connectivity index (χ4v) is 5.70. The van der Waals surface area contributed by atoms with Crippen molar-refractivity contribution in [2.24, 2.45) is 7.05 Å². The maximum atomic E-state index is 12.2. The van der Waals surface area contributed by atoms with Gasteiger partial charge in [0.1, 0.15) is 0 Å². The monoisotopic (exact) mass is 439 g/mol. The van der Waals surface area contributed by atoms with Gasteiger partial charge in [-0.3, -0.25) is 4.68 Å². The van der Waals surface area contributed by atoms with E-state index in [2.05, 4.69) is 24.0 Å². The van der Waals surface area contributed by atoms with E-state index in [9.17, 15) is 9.90 Å².